The van der Waals surface area contributed by atoms with Gasteiger partial charge in [0.2, 0.25) is 0 Å². The SMILES string of the molecule is CSc1cccc(N(C)C2CCN(C)CC2)c1/C(N)=N/O. The van der Waals surface area contributed by atoms with Gasteiger partial charge in [0.25, 0.3) is 0 Å². The summed E-state index contributed by atoms with van der Waals surface area (Å²) < 4.78 is 0. The summed E-state index contributed by atoms with van der Waals surface area (Å²) in [6.07, 6.45) is 4.26. The fraction of sp³-hybridized carbons (Fsp3) is 0.533. The van der Waals surface area contributed by atoms with Gasteiger partial charge in [0.15, 0.2) is 5.84 Å². The number of hydrogen-bond acceptors (Lipinski definition) is 5. The Labute approximate surface area is 130 Å². The third-order valence-electron chi connectivity index (χ3n) is 4.20. The van der Waals surface area contributed by atoms with E-state index in [0.29, 0.717) is 6.04 Å². The number of thioether (sulfide) groups is 1. The predicted molar refractivity (Wildman–Crippen MR) is 89.7 cm³/mol. The number of piperidine rings is 1. The molecule has 2 rings (SSSR count). The van der Waals surface area contributed by atoms with Gasteiger partial charge in [-0.1, -0.05) is 11.2 Å². The molecule has 0 atom stereocenters. The van der Waals surface area contributed by atoms with Gasteiger partial charge in [-0.25, -0.2) is 0 Å². The summed E-state index contributed by atoms with van der Waals surface area (Å²) in [5, 5.41) is 12.3. The summed E-state index contributed by atoms with van der Waals surface area (Å²) in [6.45, 7) is 2.21. The Morgan fingerprint density at radius 3 is 2.67 bits per heavy atom. The van der Waals surface area contributed by atoms with E-state index in [0.717, 1.165) is 42.1 Å². The summed E-state index contributed by atoms with van der Waals surface area (Å²) in [6, 6.07) is 6.57. The zero-order valence-corrected chi connectivity index (χ0v) is 13.7. The lowest BCUT2D eigenvalue weighted by Crippen LogP contribution is -2.42. The second-order valence-corrected chi connectivity index (χ2v) is 6.33. The molecule has 0 aromatic heterocycles. The fourth-order valence-corrected chi connectivity index (χ4v) is 3.50. The molecule has 5 nitrogen and oxygen atoms in total. The van der Waals surface area contributed by atoms with Crippen molar-refractivity contribution in [2.75, 3.05) is 38.3 Å². The van der Waals surface area contributed by atoms with Crippen molar-refractivity contribution in [2.45, 2.75) is 23.8 Å². The average molecular weight is 308 g/mol. The number of nitrogens with two attached hydrogens (primary N) is 1. The highest BCUT2D eigenvalue weighted by Gasteiger charge is 2.24. The molecule has 6 heteroatoms. The lowest BCUT2D eigenvalue weighted by atomic mass is 10.0. The van der Waals surface area contributed by atoms with Crippen LogP contribution in [0.25, 0.3) is 0 Å². The Hall–Kier alpha value is -1.40. The lowest BCUT2D eigenvalue weighted by molar-refractivity contribution is 0.253. The van der Waals surface area contributed by atoms with Crippen LogP contribution in [-0.4, -0.2) is 55.4 Å². The minimum Gasteiger partial charge on any atom is -0.409 e. The van der Waals surface area contributed by atoms with Crippen molar-refractivity contribution < 1.29 is 5.21 Å². The normalized spacial score (nSPS) is 18.0. The van der Waals surface area contributed by atoms with E-state index in [-0.39, 0.29) is 5.84 Å². The van der Waals surface area contributed by atoms with Gasteiger partial charge >= 0.3 is 0 Å². The third-order valence-corrected chi connectivity index (χ3v) is 4.98. The first kappa shape index (κ1) is 16.0. The predicted octanol–water partition coefficient (Wildman–Crippen LogP) is 2.03. The maximum Gasteiger partial charge on any atom is 0.173 e. The van der Waals surface area contributed by atoms with Gasteiger partial charge in [-0.2, -0.15) is 0 Å². The molecule has 1 aromatic rings. The number of amidine groups is 1. The maximum absolute atomic E-state index is 9.09. The Morgan fingerprint density at radius 1 is 1.43 bits per heavy atom. The van der Waals surface area contributed by atoms with Crippen LogP contribution >= 0.6 is 11.8 Å². The minimum absolute atomic E-state index is 0.176. The molecule has 21 heavy (non-hydrogen) atoms. The molecule has 1 heterocycles. The number of hydrogen-bond donors (Lipinski definition) is 2. The highest BCUT2D eigenvalue weighted by molar-refractivity contribution is 7.98. The first-order chi connectivity index (χ1) is 10.1. The molecule has 0 bridgehead atoms. The molecule has 1 aromatic carbocycles. The number of anilines is 1. The van der Waals surface area contributed by atoms with Crippen LogP contribution in [0.5, 0.6) is 0 Å². The molecule has 116 valence electrons. The van der Waals surface area contributed by atoms with Gasteiger partial charge in [0.1, 0.15) is 0 Å². The van der Waals surface area contributed by atoms with Crippen LogP contribution in [0.2, 0.25) is 0 Å². The zero-order chi connectivity index (χ0) is 15.4. The van der Waals surface area contributed by atoms with Crippen molar-refractivity contribution in [1.82, 2.24) is 4.90 Å². The van der Waals surface area contributed by atoms with Gasteiger partial charge in [-0.05, 0) is 51.4 Å². The first-order valence-corrected chi connectivity index (χ1v) is 8.37. The maximum atomic E-state index is 9.09. The second-order valence-electron chi connectivity index (χ2n) is 5.48. The van der Waals surface area contributed by atoms with Crippen LogP contribution in [0.15, 0.2) is 28.3 Å². The standard InChI is InChI=1S/C15H24N4OS/c1-18-9-7-11(8-10-18)19(2)12-5-4-6-13(21-3)14(12)15(16)17-20/h4-6,11,20H,7-10H2,1-3H3,(H2,16,17). The molecular formula is C15H24N4OS. The zero-order valence-electron chi connectivity index (χ0n) is 12.9. The van der Waals surface area contributed by atoms with E-state index in [9.17, 15) is 0 Å². The lowest BCUT2D eigenvalue weighted by Gasteiger charge is -2.37. The van der Waals surface area contributed by atoms with Crippen LogP contribution in [0, 0.1) is 0 Å². The molecule has 3 N–H and O–H groups in total. The highest BCUT2D eigenvalue weighted by atomic mass is 32.2. The molecule has 1 fully saturated rings. The quantitative estimate of drug-likeness (QED) is 0.293. The van der Waals surface area contributed by atoms with E-state index in [1.165, 1.54) is 0 Å². The van der Waals surface area contributed by atoms with Crippen molar-refractivity contribution in [3.05, 3.63) is 23.8 Å². The largest absolute Gasteiger partial charge is 0.409 e. The van der Waals surface area contributed by atoms with E-state index in [1.807, 2.05) is 24.5 Å². The first-order valence-electron chi connectivity index (χ1n) is 7.14. The summed E-state index contributed by atoms with van der Waals surface area (Å²) in [4.78, 5) is 5.66. The van der Waals surface area contributed by atoms with Crippen LogP contribution in [0.3, 0.4) is 0 Å². The van der Waals surface area contributed by atoms with Crippen molar-refractivity contribution in [1.29, 1.82) is 0 Å². The van der Waals surface area contributed by atoms with E-state index in [2.05, 4.69) is 29.1 Å². The molecule has 0 spiro atoms. The van der Waals surface area contributed by atoms with Gasteiger partial charge in [0, 0.05) is 23.7 Å². The van der Waals surface area contributed by atoms with Crippen molar-refractivity contribution >= 4 is 23.3 Å². The highest BCUT2D eigenvalue weighted by Crippen LogP contribution is 2.31. The second kappa shape index (κ2) is 7.04. The molecule has 0 amide bonds. The molecule has 0 aliphatic carbocycles. The molecule has 1 aliphatic rings. The number of rotatable bonds is 4. The number of nitrogens with zero attached hydrogens (tertiary/aromatic N) is 3. The van der Waals surface area contributed by atoms with Crippen molar-refractivity contribution in [3.63, 3.8) is 0 Å². The Kier molecular flexibility index (Phi) is 5.36. The number of oxime groups is 1. The monoisotopic (exact) mass is 308 g/mol. The molecular weight excluding hydrogens is 284 g/mol. The Morgan fingerprint density at radius 2 is 2.10 bits per heavy atom. The molecule has 0 unspecified atom stereocenters. The number of likely N-dealkylation sites (tertiary alicyclic amines) is 1. The van der Waals surface area contributed by atoms with E-state index in [4.69, 9.17) is 10.9 Å². The molecule has 0 saturated carbocycles. The minimum atomic E-state index is 0.176. The Bertz CT molecular complexity index is 512. The smallest absolute Gasteiger partial charge is 0.173 e. The molecule has 0 radical (unpaired) electrons. The van der Waals surface area contributed by atoms with Crippen LogP contribution in [-0.2, 0) is 0 Å². The van der Waals surface area contributed by atoms with Crippen LogP contribution in [0.4, 0.5) is 5.69 Å². The summed E-state index contributed by atoms with van der Waals surface area (Å²) in [5.41, 5.74) is 7.77. The van der Waals surface area contributed by atoms with Gasteiger partial charge < -0.3 is 20.7 Å². The van der Waals surface area contributed by atoms with Crippen LogP contribution < -0.4 is 10.6 Å². The van der Waals surface area contributed by atoms with E-state index < -0.39 is 0 Å². The van der Waals surface area contributed by atoms with Crippen LogP contribution in [0.1, 0.15) is 18.4 Å². The van der Waals surface area contributed by atoms with E-state index in [1.54, 1.807) is 11.8 Å². The number of benzene rings is 1. The fourth-order valence-electron chi connectivity index (χ4n) is 2.87. The average Bonchev–Trinajstić information content (AvgIpc) is 2.53. The summed E-state index contributed by atoms with van der Waals surface area (Å²) in [5.74, 6) is 0.176. The summed E-state index contributed by atoms with van der Waals surface area (Å²) in [7, 11) is 4.26. The van der Waals surface area contributed by atoms with Gasteiger partial charge in [-0.15, -0.1) is 11.8 Å². The topological polar surface area (TPSA) is 65.1 Å². The Balaban J connectivity index is 2.34. The van der Waals surface area contributed by atoms with E-state index >= 15 is 0 Å². The summed E-state index contributed by atoms with van der Waals surface area (Å²) >= 11 is 1.61. The molecule has 1 saturated heterocycles. The third kappa shape index (κ3) is 3.44. The van der Waals surface area contributed by atoms with Gasteiger partial charge in [-0.3, -0.25) is 0 Å². The molecule has 1 aliphatic heterocycles. The van der Waals surface area contributed by atoms with Crippen molar-refractivity contribution in [2.24, 2.45) is 10.9 Å². The van der Waals surface area contributed by atoms with Crippen molar-refractivity contribution in [3.8, 4) is 0 Å². The van der Waals surface area contributed by atoms with Gasteiger partial charge in [0.05, 0.1) is 5.56 Å².